The maximum absolute atomic E-state index is 12.7. The molecule has 29 heavy (non-hydrogen) atoms. The minimum Gasteiger partial charge on any atom is -0.375 e. The molecule has 2 amide bonds. The van der Waals surface area contributed by atoms with Gasteiger partial charge in [-0.05, 0) is 42.7 Å². The third-order valence-electron chi connectivity index (χ3n) is 5.34. The Hall–Kier alpha value is -3.19. The number of fused-ring (bicyclic) bond motifs is 1. The van der Waals surface area contributed by atoms with E-state index in [2.05, 4.69) is 5.32 Å². The molecule has 4 rings (SSSR count). The van der Waals surface area contributed by atoms with Crippen LogP contribution in [0.3, 0.4) is 0 Å². The van der Waals surface area contributed by atoms with E-state index in [1.807, 2.05) is 24.3 Å². The average molecular weight is 412 g/mol. The van der Waals surface area contributed by atoms with Gasteiger partial charge in [0.25, 0.3) is 5.69 Å². The number of halogens is 1. The largest absolute Gasteiger partial charge is 0.375 e. The Bertz CT molecular complexity index is 993. The van der Waals surface area contributed by atoms with Gasteiger partial charge in [0.1, 0.15) is 5.69 Å². The van der Waals surface area contributed by atoms with Crippen LogP contribution in [0.4, 0.5) is 17.1 Å². The molecule has 1 aliphatic carbocycles. The van der Waals surface area contributed by atoms with E-state index in [1.165, 1.54) is 12.1 Å². The second-order valence-electron chi connectivity index (χ2n) is 7.11. The quantitative estimate of drug-likeness (QED) is 0.342. The number of benzene rings is 2. The highest BCUT2D eigenvalue weighted by molar-refractivity contribution is 6.30. The number of nitro benzene ring substituents is 1. The molecule has 1 heterocycles. The highest BCUT2D eigenvalue weighted by Crippen LogP contribution is 2.39. The third kappa shape index (κ3) is 3.61. The standard InChI is InChI=1S/C21H18ClN3O4/c22-14-7-5-13(6-8-14)12-23-18-10-9-15(11-19(18)25(28)29)24-20(26)16-3-1-2-4-17(16)21(24)27/h1-2,5-11,16-17,23H,3-4,12H2/t16-,17-/m0/s1. The van der Waals surface area contributed by atoms with Gasteiger partial charge in [-0.2, -0.15) is 0 Å². The Morgan fingerprint density at radius 3 is 2.24 bits per heavy atom. The zero-order valence-corrected chi connectivity index (χ0v) is 16.1. The zero-order chi connectivity index (χ0) is 20.5. The van der Waals surface area contributed by atoms with Crippen molar-refractivity contribution in [1.82, 2.24) is 0 Å². The molecular weight excluding hydrogens is 394 g/mol. The van der Waals surface area contributed by atoms with Crippen LogP contribution in [0, 0.1) is 22.0 Å². The SMILES string of the molecule is O=C1[C@H]2CC=CC[C@@H]2C(=O)N1c1ccc(NCc2ccc(Cl)cc2)c([N+](=O)[O-])c1. The molecule has 8 heteroatoms. The summed E-state index contributed by atoms with van der Waals surface area (Å²) in [6.07, 6.45) is 4.85. The van der Waals surface area contributed by atoms with E-state index in [1.54, 1.807) is 18.2 Å². The van der Waals surface area contributed by atoms with Crippen molar-refractivity contribution in [2.45, 2.75) is 19.4 Å². The lowest BCUT2D eigenvalue weighted by Crippen LogP contribution is -2.30. The van der Waals surface area contributed by atoms with Gasteiger partial charge in [0.15, 0.2) is 0 Å². The molecule has 0 bridgehead atoms. The van der Waals surface area contributed by atoms with Gasteiger partial charge in [-0.25, -0.2) is 4.90 Å². The van der Waals surface area contributed by atoms with Gasteiger partial charge in [-0.15, -0.1) is 0 Å². The first-order chi connectivity index (χ1) is 14.0. The Labute approximate surface area is 172 Å². The first kappa shape index (κ1) is 19.1. The second-order valence-corrected chi connectivity index (χ2v) is 7.54. The van der Waals surface area contributed by atoms with Crippen LogP contribution in [0.5, 0.6) is 0 Å². The fourth-order valence-electron chi connectivity index (χ4n) is 3.81. The normalized spacial score (nSPS) is 20.7. The van der Waals surface area contributed by atoms with Crippen molar-refractivity contribution in [3.8, 4) is 0 Å². The van der Waals surface area contributed by atoms with Gasteiger partial charge < -0.3 is 5.32 Å². The average Bonchev–Trinajstić information content (AvgIpc) is 2.98. The smallest absolute Gasteiger partial charge is 0.294 e. The number of carbonyl (C=O) groups excluding carboxylic acids is 2. The number of amides is 2. The van der Waals surface area contributed by atoms with Crippen LogP contribution in [0.2, 0.25) is 5.02 Å². The fourth-order valence-corrected chi connectivity index (χ4v) is 3.94. The first-order valence-corrected chi connectivity index (χ1v) is 9.63. The van der Waals surface area contributed by atoms with Crippen LogP contribution in [-0.4, -0.2) is 16.7 Å². The Balaban J connectivity index is 1.59. The van der Waals surface area contributed by atoms with Gasteiger partial charge in [0.2, 0.25) is 11.8 Å². The summed E-state index contributed by atoms with van der Waals surface area (Å²) in [6.45, 7) is 0.370. The Kier molecular flexibility index (Phi) is 5.07. The lowest BCUT2D eigenvalue weighted by atomic mass is 9.85. The number of rotatable bonds is 5. The van der Waals surface area contributed by atoms with Gasteiger partial charge in [-0.1, -0.05) is 35.9 Å². The second kappa shape index (κ2) is 7.67. The van der Waals surface area contributed by atoms with E-state index in [-0.39, 0.29) is 35.0 Å². The summed E-state index contributed by atoms with van der Waals surface area (Å²) >= 11 is 5.87. The van der Waals surface area contributed by atoms with Crippen molar-refractivity contribution in [2.75, 3.05) is 10.2 Å². The number of carbonyl (C=O) groups is 2. The molecule has 0 unspecified atom stereocenters. The number of nitro groups is 1. The summed E-state index contributed by atoms with van der Waals surface area (Å²) in [7, 11) is 0. The van der Waals surface area contributed by atoms with Gasteiger partial charge in [-0.3, -0.25) is 19.7 Å². The predicted octanol–water partition coefficient (Wildman–Crippen LogP) is 4.32. The molecule has 2 aromatic carbocycles. The van der Waals surface area contributed by atoms with Crippen molar-refractivity contribution in [3.63, 3.8) is 0 Å². The summed E-state index contributed by atoms with van der Waals surface area (Å²) in [4.78, 5) is 37.6. The van der Waals surface area contributed by atoms with Gasteiger partial charge in [0, 0.05) is 17.6 Å². The molecule has 148 valence electrons. The van der Waals surface area contributed by atoms with Crippen molar-refractivity contribution in [1.29, 1.82) is 0 Å². The molecule has 1 N–H and O–H groups in total. The first-order valence-electron chi connectivity index (χ1n) is 9.25. The highest BCUT2D eigenvalue weighted by atomic mass is 35.5. The summed E-state index contributed by atoms with van der Waals surface area (Å²) < 4.78 is 0. The molecule has 0 radical (unpaired) electrons. The number of anilines is 2. The zero-order valence-electron chi connectivity index (χ0n) is 15.4. The Morgan fingerprint density at radius 1 is 1.03 bits per heavy atom. The molecular formula is C21H18ClN3O4. The highest BCUT2D eigenvalue weighted by Gasteiger charge is 2.48. The third-order valence-corrected chi connectivity index (χ3v) is 5.59. The number of imide groups is 1. The number of nitrogens with zero attached hydrogens (tertiary/aromatic N) is 2. The van der Waals surface area contributed by atoms with E-state index >= 15 is 0 Å². The number of hydrogen-bond acceptors (Lipinski definition) is 5. The van der Waals surface area contributed by atoms with E-state index in [4.69, 9.17) is 11.6 Å². The molecule has 0 saturated carbocycles. The molecule has 0 spiro atoms. The van der Waals surface area contributed by atoms with Crippen LogP contribution in [0.15, 0.2) is 54.6 Å². The van der Waals surface area contributed by atoms with Crippen molar-refractivity contribution in [2.24, 2.45) is 11.8 Å². The van der Waals surface area contributed by atoms with Gasteiger partial charge in [0.05, 0.1) is 22.4 Å². The van der Waals surface area contributed by atoms with Crippen LogP contribution >= 0.6 is 11.6 Å². The monoisotopic (exact) mass is 411 g/mol. The Morgan fingerprint density at radius 2 is 1.66 bits per heavy atom. The summed E-state index contributed by atoms with van der Waals surface area (Å²) in [5.74, 6) is -1.34. The van der Waals surface area contributed by atoms with Crippen LogP contribution in [0.25, 0.3) is 0 Å². The fraction of sp³-hybridized carbons (Fsp3) is 0.238. The van der Waals surface area contributed by atoms with Crippen LogP contribution in [0.1, 0.15) is 18.4 Å². The molecule has 1 saturated heterocycles. The molecule has 7 nitrogen and oxygen atoms in total. The minimum absolute atomic E-state index is 0.190. The molecule has 2 atom stereocenters. The van der Waals surface area contributed by atoms with E-state index < -0.39 is 4.92 Å². The van der Waals surface area contributed by atoms with E-state index in [0.29, 0.717) is 30.1 Å². The number of nitrogens with one attached hydrogen (secondary N) is 1. The summed E-state index contributed by atoms with van der Waals surface area (Å²) in [6, 6.07) is 11.5. The minimum atomic E-state index is -0.521. The molecule has 2 aromatic rings. The topological polar surface area (TPSA) is 92.6 Å². The van der Waals surface area contributed by atoms with Crippen molar-refractivity contribution < 1.29 is 14.5 Å². The van der Waals surface area contributed by atoms with Crippen molar-refractivity contribution >= 4 is 40.5 Å². The number of allylic oxidation sites excluding steroid dienone is 2. The summed E-state index contributed by atoms with van der Waals surface area (Å²) in [5.41, 5.74) is 1.27. The lowest BCUT2D eigenvalue weighted by molar-refractivity contribution is -0.383. The van der Waals surface area contributed by atoms with Crippen molar-refractivity contribution in [3.05, 3.63) is 75.3 Å². The molecule has 1 fully saturated rings. The molecule has 0 aromatic heterocycles. The van der Waals surface area contributed by atoms with Gasteiger partial charge >= 0.3 is 0 Å². The predicted molar refractivity (Wildman–Crippen MR) is 110 cm³/mol. The maximum Gasteiger partial charge on any atom is 0.294 e. The maximum atomic E-state index is 12.7. The lowest BCUT2D eigenvalue weighted by Gasteiger charge is -2.16. The van der Waals surface area contributed by atoms with Crippen LogP contribution in [-0.2, 0) is 16.1 Å². The molecule has 1 aliphatic heterocycles. The summed E-state index contributed by atoms with van der Waals surface area (Å²) in [5, 5.41) is 15.3. The van der Waals surface area contributed by atoms with E-state index in [9.17, 15) is 19.7 Å². The van der Waals surface area contributed by atoms with Crippen LogP contribution < -0.4 is 10.2 Å². The number of hydrogen-bond donors (Lipinski definition) is 1. The van der Waals surface area contributed by atoms with E-state index in [0.717, 1.165) is 10.5 Å². The molecule has 2 aliphatic rings.